The van der Waals surface area contributed by atoms with Gasteiger partial charge in [-0.15, -0.1) is 0 Å². The molecule has 12 atom stereocenters. The lowest BCUT2D eigenvalue weighted by molar-refractivity contribution is -0.359. The molecule has 0 radical (unpaired) electrons. The number of amides is 1. The Balaban J connectivity index is 1.58. The Hall–Kier alpha value is -3.35. The number of carbonyl (C=O) groups excluding carboxylic acids is 1. The van der Waals surface area contributed by atoms with E-state index in [1.54, 1.807) is 0 Å². The molecular weight excluding hydrogens is 1110 g/mol. The van der Waals surface area contributed by atoms with E-state index < -0.39 is 86.8 Å². The standard InChI is InChI=1S/C74H127NO13/c1-3-5-7-9-11-13-15-17-18-19-20-21-22-23-24-25-26-27-28-29-30-31-32-33-34-35-36-37-38-39-40-41-42-43-44-46-48-50-52-54-56-58-66(79)75-62(63(78)57-55-53-51-49-47-45-16-14-12-10-8-6-4-2)61-85-73-71(84)69(82)72(65(60-77)87-73)88-74-70(83)68(81)67(80)64(59-76)86-74/h5,7,11,13,17-18,20-21,23-24,26-27,29-30,32-33,35-36,62-65,67-74,76-78,80-84H,3-4,6,8-10,12,14-16,19,22,25,28,31,34,37-61H2,1-2H3,(H,75,79)/b7-5-,13-11-,18-17-,21-20-,24-23-,27-26-,30-29-,33-32-,36-35-. The molecule has 2 saturated heterocycles. The second-order valence-corrected chi connectivity index (χ2v) is 24.3. The van der Waals surface area contributed by atoms with Crippen molar-refractivity contribution in [2.24, 2.45) is 0 Å². The van der Waals surface area contributed by atoms with E-state index in [2.05, 4.69) is 129 Å². The van der Waals surface area contributed by atoms with Crippen LogP contribution in [-0.2, 0) is 23.7 Å². The van der Waals surface area contributed by atoms with Crippen molar-refractivity contribution >= 4 is 5.91 Å². The van der Waals surface area contributed by atoms with Crippen molar-refractivity contribution in [1.29, 1.82) is 0 Å². The van der Waals surface area contributed by atoms with Crippen LogP contribution in [0.5, 0.6) is 0 Å². The summed E-state index contributed by atoms with van der Waals surface area (Å²) in [6.45, 7) is 2.74. The van der Waals surface area contributed by atoms with Gasteiger partial charge in [0, 0.05) is 6.42 Å². The molecule has 2 aliphatic rings. The monoisotopic (exact) mass is 1240 g/mol. The topological polar surface area (TPSA) is 228 Å². The average molecular weight is 1240 g/mol. The number of aliphatic hydroxyl groups excluding tert-OH is 8. The van der Waals surface area contributed by atoms with Crippen molar-refractivity contribution in [2.75, 3.05) is 19.8 Å². The highest BCUT2D eigenvalue weighted by molar-refractivity contribution is 5.76. The predicted octanol–water partition coefficient (Wildman–Crippen LogP) is 14.3. The normalized spacial score (nSPS) is 23.8. The molecular formula is C74H127NO13. The molecule has 14 heteroatoms. The summed E-state index contributed by atoms with van der Waals surface area (Å²) in [5.74, 6) is -0.211. The van der Waals surface area contributed by atoms with Gasteiger partial charge in [-0.05, 0) is 83.5 Å². The first kappa shape index (κ1) is 80.7. The number of ether oxygens (including phenoxy) is 4. The summed E-state index contributed by atoms with van der Waals surface area (Å²) < 4.78 is 22.9. The van der Waals surface area contributed by atoms with Crippen LogP contribution in [-0.4, -0.2) is 140 Å². The third-order valence-corrected chi connectivity index (χ3v) is 16.5. The van der Waals surface area contributed by atoms with E-state index in [4.69, 9.17) is 18.9 Å². The zero-order valence-electron chi connectivity index (χ0n) is 54.9. The first-order chi connectivity index (χ1) is 43.1. The highest BCUT2D eigenvalue weighted by Crippen LogP contribution is 2.30. The van der Waals surface area contributed by atoms with Crippen molar-refractivity contribution in [2.45, 2.75) is 331 Å². The largest absolute Gasteiger partial charge is 0.394 e. The zero-order valence-corrected chi connectivity index (χ0v) is 54.9. The highest BCUT2D eigenvalue weighted by Gasteiger charge is 2.51. The molecule has 14 nitrogen and oxygen atoms in total. The second-order valence-electron chi connectivity index (χ2n) is 24.3. The number of unbranched alkanes of at least 4 members (excludes halogenated alkanes) is 25. The Morgan fingerprint density at radius 3 is 1.20 bits per heavy atom. The minimum Gasteiger partial charge on any atom is -0.394 e. The second kappa shape index (κ2) is 57.5. The number of hydrogen-bond donors (Lipinski definition) is 9. The van der Waals surface area contributed by atoms with Crippen LogP contribution in [0.3, 0.4) is 0 Å². The van der Waals surface area contributed by atoms with Gasteiger partial charge in [0.15, 0.2) is 12.6 Å². The average Bonchev–Trinajstić information content (AvgIpc) is 2.45. The number of allylic oxidation sites excluding steroid dienone is 18. The fourth-order valence-corrected chi connectivity index (χ4v) is 10.9. The van der Waals surface area contributed by atoms with Crippen LogP contribution in [0.4, 0.5) is 0 Å². The number of rotatable bonds is 56. The van der Waals surface area contributed by atoms with Crippen LogP contribution in [0, 0.1) is 0 Å². The minimum absolute atomic E-state index is 0.211. The summed E-state index contributed by atoms with van der Waals surface area (Å²) in [6, 6.07) is -0.834. The van der Waals surface area contributed by atoms with Gasteiger partial charge in [-0.3, -0.25) is 4.79 Å². The van der Waals surface area contributed by atoms with Gasteiger partial charge >= 0.3 is 0 Å². The molecule has 0 bridgehead atoms. The van der Waals surface area contributed by atoms with E-state index >= 15 is 0 Å². The maximum Gasteiger partial charge on any atom is 0.220 e. The first-order valence-corrected chi connectivity index (χ1v) is 35.1. The predicted molar refractivity (Wildman–Crippen MR) is 359 cm³/mol. The van der Waals surface area contributed by atoms with Crippen molar-refractivity contribution in [1.82, 2.24) is 5.32 Å². The number of nitrogens with one attached hydrogen (secondary N) is 1. The quantitative estimate of drug-likeness (QED) is 0.0204. The lowest BCUT2D eigenvalue weighted by atomic mass is 9.97. The van der Waals surface area contributed by atoms with E-state index in [0.717, 1.165) is 116 Å². The van der Waals surface area contributed by atoms with Crippen LogP contribution >= 0.6 is 0 Å². The van der Waals surface area contributed by atoms with Gasteiger partial charge in [0.25, 0.3) is 0 Å². The molecule has 0 aliphatic carbocycles. The molecule has 9 N–H and O–H groups in total. The van der Waals surface area contributed by atoms with Crippen molar-refractivity contribution < 1.29 is 64.6 Å². The van der Waals surface area contributed by atoms with E-state index in [9.17, 15) is 45.6 Å². The maximum atomic E-state index is 13.3. The zero-order chi connectivity index (χ0) is 63.8. The Bertz CT molecular complexity index is 1890. The molecule has 2 heterocycles. The smallest absolute Gasteiger partial charge is 0.220 e. The maximum absolute atomic E-state index is 13.3. The third kappa shape index (κ3) is 41.2. The molecule has 2 fully saturated rings. The van der Waals surface area contributed by atoms with Crippen LogP contribution in [0.1, 0.15) is 258 Å². The molecule has 1 amide bonds. The lowest BCUT2D eigenvalue weighted by Gasteiger charge is -2.46. The van der Waals surface area contributed by atoms with Crippen LogP contribution in [0.25, 0.3) is 0 Å². The van der Waals surface area contributed by atoms with E-state index in [1.807, 2.05) is 0 Å². The summed E-state index contributed by atoms with van der Waals surface area (Å²) in [6.07, 6.45) is 65.4. The summed E-state index contributed by atoms with van der Waals surface area (Å²) in [4.78, 5) is 13.3. The summed E-state index contributed by atoms with van der Waals surface area (Å²) in [5, 5.41) is 87.4. The Morgan fingerprint density at radius 2 is 0.784 bits per heavy atom. The van der Waals surface area contributed by atoms with Crippen LogP contribution in [0.15, 0.2) is 109 Å². The minimum atomic E-state index is -1.79. The molecule has 2 rings (SSSR count). The van der Waals surface area contributed by atoms with Crippen LogP contribution in [0.2, 0.25) is 0 Å². The van der Waals surface area contributed by atoms with Crippen molar-refractivity contribution in [3.63, 3.8) is 0 Å². The van der Waals surface area contributed by atoms with Gasteiger partial charge in [-0.1, -0.05) is 277 Å². The Morgan fingerprint density at radius 1 is 0.420 bits per heavy atom. The number of hydrogen-bond acceptors (Lipinski definition) is 13. The summed E-state index contributed by atoms with van der Waals surface area (Å²) in [7, 11) is 0. The molecule has 0 spiro atoms. The Kier molecular flexibility index (Phi) is 52.8. The van der Waals surface area contributed by atoms with E-state index in [1.165, 1.54) is 116 Å². The van der Waals surface area contributed by atoms with Gasteiger partial charge in [-0.2, -0.15) is 0 Å². The SMILES string of the molecule is CC/C=C\C/C=C\C/C=C\C/C=C\C/C=C\C/C=C\C/C=C\C/C=C\C/C=C\CCCCCCCCCCCCCCCC(=O)NC(COC1OC(CO)C(OC2OC(CO)C(O)C(O)C2O)C(O)C1O)C(O)CCCCCCCCCCCCCCC. The van der Waals surface area contributed by atoms with Crippen LogP contribution < -0.4 is 5.32 Å². The molecule has 12 unspecified atom stereocenters. The van der Waals surface area contributed by atoms with E-state index in [-0.39, 0.29) is 12.5 Å². The van der Waals surface area contributed by atoms with Crippen molar-refractivity contribution in [3.8, 4) is 0 Å². The van der Waals surface area contributed by atoms with Gasteiger partial charge < -0.3 is 65.1 Å². The molecule has 0 aromatic heterocycles. The van der Waals surface area contributed by atoms with Gasteiger partial charge in [-0.25, -0.2) is 0 Å². The fraction of sp³-hybridized carbons (Fsp3) is 0.743. The molecule has 506 valence electrons. The molecule has 0 aromatic carbocycles. The molecule has 2 aliphatic heterocycles. The van der Waals surface area contributed by atoms with Gasteiger partial charge in [0.1, 0.15) is 48.8 Å². The summed E-state index contributed by atoms with van der Waals surface area (Å²) >= 11 is 0. The number of aliphatic hydroxyl groups is 8. The number of carbonyl (C=O) groups is 1. The molecule has 0 saturated carbocycles. The fourth-order valence-electron chi connectivity index (χ4n) is 10.9. The summed E-state index contributed by atoms with van der Waals surface area (Å²) in [5.41, 5.74) is 0. The van der Waals surface area contributed by atoms with E-state index in [0.29, 0.717) is 12.8 Å². The van der Waals surface area contributed by atoms with Gasteiger partial charge in [0.05, 0.1) is 32.0 Å². The molecule has 88 heavy (non-hydrogen) atoms. The van der Waals surface area contributed by atoms with Gasteiger partial charge in [0.2, 0.25) is 5.91 Å². The first-order valence-electron chi connectivity index (χ1n) is 35.1. The highest BCUT2D eigenvalue weighted by atomic mass is 16.7. The third-order valence-electron chi connectivity index (χ3n) is 16.5. The lowest BCUT2D eigenvalue weighted by Crippen LogP contribution is -2.65. The Labute approximate surface area is 534 Å². The van der Waals surface area contributed by atoms with Crippen molar-refractivity contribution in [3.05, 3.63) is 109 Å². The molecule has 0 aromatic rings.